The molecule has 0 radical (unpaired) electrons. The molecule has 0 aliphatic carbocycles. The normalized spacial score (nSPS) is 42.5. The van der Waals surface area contributed by atoms with Crippen molar-refractivity contribution in [2.24, 2.45) is 5.92 Å². The van der Waals surface area contributed by atoms with Crippen LogP contribution in [0.5, 0.6) is 0 Å². The Balaban J connectivity index is 2.18. The lowest BCUT2D eigenvalue weighted by Gasteiger charge is -2.39. The standard InChI is InChI=1S/C10H17NO3/c1-11-6-3-4-7(11)9(8(12)5-6)10(13)14-2/h6-9,12H,3-5H2,1-2H3/t6-,7?,8?,9+/m0/s1. The van der Waals surface area contributed by atoms with Crippen molar-refractivity contribution < 1.29 is 14.6 Å². The molecule has 4 nitrogen and oxygen atoms in total. The number of aliphatic hydroxyl groups is 1. The van der Waals surface area contributed by atoms with Gasteiger partial charge < -0.3 is 9.84 Å². The zero-order valence-corrected chi connectivity index (χ0v) is 8.64. The molecule has 2 aliphatic heterocycles. The van der Waals surface area contributed by atoms with Gasteiger partial charge in [0, 0.05) is 12.1 Å². The van der Waals surface area contributed by atoms with Crippen molar-refractivity contribution in [2.75, 3.05) is 14.2 Å². The molecule has 0 amide bonds. The summed E-state index contributed by atoms with van der Waals surface area (Å²) in [5, 5.41) is 9.84. The third-order valence-corrected chi connectivity index (χ3v) is 3.71. The van der Waals surface area contributed by atoms with Gasteiger partial charge in [-0.1, -0.05) is 0 Å². The molecule has 4 heteroatoms. The highest BCUT2D eigenvalue weighted by molar-refractivity contribution is 5.74. The van der Waals surface area contributed by atoms with Crippen LogP contribution in [0.1, 0.15) is 19.3 Å². The summed E-state index contributed by atoms with van der Waals surface area (Å²) in [5.74, 6) is -0.613. The Morgan fingerprint density at radius 1 is 1.50 bits per heavy atom. The van der Waals surface area contributed by atoms with Gasteiger partial charge in [-0.2, -0.15) is 0 Å². The van der Waals surface area contributed by atoms with E-state index in [9.17, 15) is 9.90 Å². The number of carbonyl (C=O) groups excluding carboxylic acids is 1. The van der Waals surface area contributed by atoms with Crippen LogP contribution < -0.4 is 0 Å². The Hall–Kier alpha value is -0.610. The van der Waals surface area contributed by atoms with E-state index in [4.69, 9.17) is 4.74 Å². The Morgan fingerprint density at radius 3 is 2.86 bits per heavy atom. The van der Waals surface area contributed by atoms with E-state index in [0.717, 1.165) is 12.8 Å². The SMILES string of the molecule is COC(=O)[C@H]1C(O)C[C@@H]2CCC1N2C. The van der Waals surface area contributed by atoms with Crippen molar-refractivity contribution in [1.29, 1.82) is 0 Å². The van der Waals surface area contributed by atoms with Crippen molar-refractivity contribution in [3.8, 4) is 0 Å². The van der Waals surface area contributed by atoms with Crippen LogP contribution in [0, 0.1) is 5.92 Å². The van der Waals surface area contributed by atoms with Gasteiger partial charge >= 0.3 is 5.97 Å². The number of ether oxygens (including phenoxy) is 1. The molecule has 14 heavy (non-hydrogen) atoms. The zero-order valence-electron chi connectivity index (χ0n) is 8.64. The molecule has 0 saturated carbocycles. The van der Waals surface area contributed by atoms with E-state index in [1.807, 2.05) is 7.05 Å². The first-order chi connectivity index (χ1) is 6.65. The van der Waals surface area contributed by atoms with Crippen molar-refractivity contribution in [2.45, 2.75) is 37.5 Å². The highest BCUT2D eigenvalue weighted by Crippen LogP contribution is 2.38. The second-order valence-electron chi connectivity index (χ2n) is 4.32. The summed E-state index contributed by atoms with van der Waals surface area (Å²) in [5.41, 5.74) is 0. The molecule has 0 spiro atoms. The fraction of sp³-hybridized carbons (Fsp3) is 0.900. The summed E-state index contributed by atoms with van der Waals surface area (Å²) in [7, 11) is 3.42. The fourth-order valence-corrected chi connectivity index (χ4v) is 2.89. The van der Waals surface area contributed by atoms with Crippen molar-refractivity contribution in [3.63, 3.8) is 0 Å². The Kier molecular flexibility index (Phi) is 2.49. The lowest BCUT2D eigenvalue weighted by molar-refractivity contribution is -0.155. The van der Waals surface area contributed by atoms with Gasteiger partial charge in [0.2, 0.25) is 0 Å². The number of hydrogen-bond acceptors (Lipinski definition) is 4. The maximum atomic E-state index is 11.5. The van der Waals surface area contributed by atoms with Crippen LogP contribution in [-0.2, 0) is 9.53 Å². The predicted molar refractivity (Wildman–Crippen MR) is 50.7 cm³/mol. The molecule has 2 unspecified atom stereocenters. The van der Waals surface area contributed by atoms with E-state index in [1.54, 1.807) is 0 Å². The number of rotatable bonds is 1. The van der Waals surface area contributed by atoms with Gasteiger partial charge in [-0.3, -0.25) is 9.69 Å². The molecule has 0 aromatic heterocycles. The zero-order chi connectivity index (χ0) is 10.3. The molecule has 2 fully saturated rings. The third kappa shape index (κ3) is 1.33. The molecule has 2 rings (SSSR count). The number of aliphatic hydroxyl groups excluding tert-OH is 1. The molecular formula is C10H17NO3. The minimum absolute atomic E-state index is 0.177. The van der Waals surface area contributed by atoms with Crippen molar-refractivity contribution in [1.82, 2.24) is 4.90 Å². The number of hydrogen-bond donors (Lipinski definition) is 1. The van der Waals surface area contributed by atoms with E-state index < -0.39 is 6.10 Å². The van der Waals surface area contributed by atoms with Gasteiger partial charge in [0.25, 0.3) is 0 Å². The number of nitrogens with zero attached hydrogens (tertiary/aromatic N) is 1. The predicted octanol–water partition coefficient (Wildman–Crippen LogP) is 0.00300. The summed E-state index contributed by atoms with van der Waals surface area (Å²) in [6, 6.07) is 0.632. The van der Waals surface area contributed by atoms with Crippen LogP contribution in [-0.4, -0.2) is 48.3 Å². The van der Waals surface area contributed by atoms with Crippen LogP contribution >= 0.6 is 0 Å². The maximum absolute atomic E-state index is 11.5. The molecule has 0 aromatic rings. The number of esters is 1. The van der Waals surface area contributed by atoms with Crippen LogP contribution in [0.25, 0.3) is 0 Å². The minimum atomic E-state index is -0.517. The summed E-state index contributed by atoms with van der Waals surface area (Å²) in [6.07, 6.45) is 2.27. The number of methoxy groups -OCH3 is 1. The summed E-state index contributed by atoms with van der Waals surface area (Å²) in [4.78, 5) is 13.7. The maximum Gasteiger partial charge on any atom is 0.312 e. The van der Waals surface area contributed by atoms with Crippen LogP contribution in [0.15, 0.2) is 0 Å². The Morgan fingerprint density at radius 2 is 2.21 bits per heavy atom. The molecular weight excluding hydrogens is 182 g/mol. The van der Waals surface area contributed by atoms with Crippen molar-refractivity contribution in [3.05, 3.63) is 0 Å². The number of fused-ring (bicyclic) bond motifs is 2. The molecule has 2 aliphatic rings. The summed E-state index contributed by atoms with van der Waals surface area (Å²) < 4.78 is 4.73. The van der Waals surface area contributed by atoms with Gasteiger partial charge in [0.05, 0.1) is 19.1 Å². The van der Waals surface area contributed by atoms with E-state index in [-0.39, 0.29) is 17.9 Å². The first-order valence-corrected chi connectivity index (χ1v) is 5.13. The Bertz CT molecular complexity index is 244. The summed E-state index contributed by atoms with van der Waals surface area (Å²) >= 11 is 0. The second-order valence-corrected chi connectivity index (χ2v) is 4.32. The molecule has 1 N–H and O–H groups in total. The molecule has 2 saturated heterocycles. The first-order valence-electron chi connectivity index (χ1n) is 5.13. The van der Waals surface area contributed by atoms with Crippen LogP contribution in [0.2, 0.25) is 0 Å². The molecule has 80 valence electrons. The van der Waals surface area contributed by atoms with Gasteiger partial charge in [-0.25, -0.2) is 0 Å². The monoisotopic (exact) mass is 199 g/mol. The highest BCUT2D eigenvalue weighted by Gasteiger charge is 2.48. The van der Waals surface area contributed by atoms with Gasteiger partial charge in [0.15, 0.2) is 0 Å². The van der Waals surface area contributed by atoms with Gasteiger partial charge in [-0.15, -0.1) is 0 Å². The van der Waals surface area contributed by atoms with Crippen LogP contribution in [0.3, 0.4) is 0 Å². The lowest BCUT2D eigenvalue weighted by Crippen LogP contribution is -2.52. The summed E-state index contributed by atoms with van der Waals surface area (Å²) in [6.45, 7) is 0. The largest absolute Gasteiger partial charge is 0.469 e. The van der Waals surface area contributed by atoms with E-state index in [2.05, 4.69) is 4.90 Å². The Labute approximate surface area is 83.8 Å². The van der Waals surface area contributed by atoms with Gasteiger partial charge in [0.1, 0.15) is 0 Å². The average molecular weight is 199 g/mol. The van der Waals surface area contributed by atoms with Gasteiger partial charge in [-0.05, 0) is 26.3 Å². The first kappa shape index (κ1) is 9.93. The quantitative estimate of drug-likeness (QED) is 0.604. The topological polar surface area (TPSA) is 49.8 Å². The molecule has 2 heterocycles. The van der Waals surface area contributed by atoms with E-state index in [0.29, 0.717) is 12.5 Å². The number of carbonyl (C=O) groups is 1. The highest BCUT2D eigenvalue weighted by atomic mass is 16.5. The molecule has 2 bridgehead atoms. The fourth-order valence-electron chi connectivity index (χ4n) is 2.89. The van der Waals surface area contributed by atoms with Crippen molar-refractivity contribution >= 4 is 5.97 Å². The van der Waals surface area contributed by atoms with E-state index in [1.165, 1.54) is 7.11 Å². The molecule has 4 atom stereocenters. The number of piperidine rings is 1. The lowest BCUT2D eigenvalue weighted by atomic mass is 9.88. The smallest absolute Gasteiger partial charge is 0.312 e. The van der Waals surface area contributed by atoms with Crippen LogP contribution in [0.4, 0.5) is 0 Å². The average Bonchev–Trinajstić information content (AvgIpc) is 2.42. The third-order valence-electron chi connectivity index (χ3n) is 3.71. The minimum Gasteiger partial charge on any atom is -0.469 e. The van der Waals surface area contributed by atoms with E-state index >= 15 is 0 Å². The molecule has 0 aromatic carbocycles. The second kappa shape index (κ2) is 3.51.